The van der Waals surface area contributed by atoms with Gasteiger partial charge in [-0.3, -0.25) is 14.5 Å². The van der Waals surface area contributed by atoms with E-state index in [-0.39, 0.29) is 22.1 Å². The molecule has 0 bridgehead atoms. The average Bonchev–Trinajstić information content (AvgIpc) is 2.66. The van der Waals surface area contributed by atoms with Crippen LogP contribution >= 0.6 is 11.8 Å². The maximum atomic E-state index is 13.2. The van der Waals surface area contributed by atoms with Crippen LogP contribution in [0.2, 0.25) is 0 Å². The minimum atomic E-state index is -4.66. The van der Waals surface area contributed by atoms with Gasteiger partial charge in [-0.05, 0) is 12.5 Å². The van der Waals surface area contributed by atoms with Gasteiger partial charge < -0.3 is 10.2 Å². The first-order valence-electron chi connectivity index (χ1n) is 9.27. The molecule has 1 aromatic carbocycles. The summed E-state index contributed by atoms with van der Waals surface area (Å²) >= 11 is 1.14. The van der Waals surface area contributed by atoms with Crippen molar-refractivity contribution in [1.29, 1.82) is 0 Å². The number of benzene rings is 1. The zero-order chi connectivity index (χ0) is 21.3. The summed E-state index contributed by atoms with van der Waals surface area (Å²) in [4.78, 5) is 40.4. The molecule has 158 valence electrons. The molecule has 1 aromatic rings. The summed E-state index contributed by atoms with van der Waals surface area (Å²) < 4.78 is 39.8. The summed E-state index contributed by atoms with van der Waals surface area (Å²) in [7, 11) is 1.11. The highest BCUT2D eigenvalue weighted by molar-refractivity contribution is 8.00. The molecule has 1 unspecified atom stereocenters. The molecule has 3 rings (SSSR count). The zero-order valence-electron chi connectivity index (χ0n) is 16.1. The van der Waals surface area contributed by atoms with Gasteiger partial charge in [-0.1, -0.05) is 18.7 Å². The van der Waals surface area contributed by atoms with Gasteiger partial charge in [0.05, 0.1) is 16.0 Å². The van der Waals surface area contributed by atoms with Crippen LogP contribution in [0.5, 0.6) is 0 Å². The molecule has 1 saturated heterocycles. The fourth-order valence-electron chi connectivity index (χ4n) is 3.38. The lowest BCUT2D eigenvalue weighted by molar-refractivity contribution is -0.431. The maximum Gasteiger partial charge on any atom is 0.416 e. The van der Waals surface area contributed by atoms with Crippen molar-refractivity contribution < 1.29 is 27.5 Å². The zero-order valence-corrected chi connectivity index (χ0v) is 16.9. The van der Waals surface area contributed by atoms with E-state index in [4.69, 9.17) is 0 Å². The van der Waals surface area contributed by atoms with Crippen molar-refractivity contribution in [3.8, 4) is 0 Å². The van der Waals surface area contributed by atoms with E-state index in [2.05, 4.69) is 5.32 Å². The third-order valence-electron chi connectivity index (χ3n) is 4.93. The van der Waals surface area contributed by atoms with Crippen molar-refractivity contribution in [1.82, 2.24) is 15.1 Å². The molecule has 11 heteroatoms. The quantitative estimate of drug-likeness (QED) is 0.743. The second-order valence-electron chi connectivity index (χ2n) is 6.98. The van der Waals surface area contributed by atoms with Gasteiger partial charge in [0.1, 0.15) is 5.50 Å². The van der Waals surface area contributed by atoms with Gasteiger partial charge in [0, 0.05) is 48.3 Å². The van der Waals surface area contributed by atoms with E-state index in [9.17, 15) is 27.7 Å². The molecule has 29 heavy (non-hydrogen) atoms. The molecule has 0 aromatic heterocycles. The Kier molecular flexibility index (Phi) is 6.18. The van der Waals surface area contributed by atoms with E-state index in [1.165, 1.54) is 0 Å². The Morgan fingerprint density at radius 1 is 1.28 bits per heavy atom. The molecule has 0 saturated carbocycles. The molecule has 0 aliphatic carbocycles. The maximum absolute atomic E-state index is 13.2. The van der Waals surface area contributed by atoms with Crippen molar-refractivity contribution in [3.63, 3.8) is 0 Å². The minimum absolute atomic E-state index is 0.0905. The summed E-state index contributed by atoms with van der Waals surface area (Å²) in [6, 6.07) is 1.55. The second kappa shape index (κ2) is 8.31. The summed E-state index contributed by atoms with van der Waals surface area (Å²) in [5.74, 6) is -0.560. The fourth-order valence-corrected chi connectivity index (χ4v) is 4.71. The van der Waals surface area contributed by atoms with E-state index in [0.29, 0.717) is 37.4 Å². The van der Waals surface area contributed by atoms with Crippen LogP contribution < -0.4 is 5.32 Å². The lowest BCUT2D eigenvalue weighted by Crippen LogP contribution is -2.56. The smallest absolute Gasteiger partial charge is 0.340 e. The van der Waals surface area contributed by atoms with Gasteiger partial charge in [-0.15, -0.1) is 0 Å². The molecule has 2 amide bonds. The Hall–Kier alpha value is -2.14. The van der Waals surface area contributed by atoms with Crippen LogP contribution in [-0.2, 0) is 11.0 Å². The second-order valence-corrected chi connectivity index (χ2v) is 8.07. The first kappa shape index (κ1) is 21.6. The third kappa shape index (κ3) is 4.55. The number of piperazine rings is 1. The average molecular weight is 431 g/mol. The van der Waals surface area contributed by atoms with Crippen LogP contribution in [0, 0.1) is 4.91 Å². The van der Waals surface area contributed by atoms with Gasteiger partial charge in [0.15, 0.2) is 7.05 Å². The van der Waals surface area contributed by atoms with Gasteiger partial charge in [-0.2, -0.15) is 13.2 Å². The number of nitrogens with one attached hydrogen (secondary N) is 1. The molecule has 1 atom stereocenters. The Labute approximate surface area is 170 Å². The van der Waals surface area contributed by atoms with E-state index < -0.39 is 23.1 Å². The number of fused-ring (bicyclic) bond motifs is 1. The fraction of sp³-hybridized carbons (Fsp3) is 0.556. The third-order valence-corrected chi connectivity index (χ3v) is 6.23. The van der Waals surface area contributed by atoms with Crippen LogP contribution in [0.4, 0.5) is 18.9 Å². The van der Waals surface area contributed by atoms with Crippen LogP contribution in [0.15, 0.2) is 17.0 Å². The van der Waals surface area contributed by atoms with E-state index in [0.717, 1.165) is 37.4 Å². The van der Waals surface area contributed by atoms with Crippen LogP contribution in [0.1, 0.15) is 35.7 Å². The van der Waals surface area contributed by atoms with Gasteiger partial charge in [0.2, 0.25) is 5.91 Å². The van der Waals surface area contributed by atoms with Gasteiger partial charge in [-0.25, -0.2) is 0 Å². The number of rotatable bonds is 4. The van der Waals surface area contributed by atoms with E-state index in [1.807, 2.05) is 11.8 Å². The molecule has 1 N–H and O–H groups in total. The number of hydrogen-bond donors (Lipinski definition) is 1. The molecule has 2 aliphatic rings. The largest absolute Gasteiger partial charge is 0.416 e. The molecular weight excluding hydrogens is 409 g/mol. The summed E-state index contributed by atoms with van der Waals surface area (Å²) in [5, 5.41) is 2.71. The van der Waals surface area contributed by atoms with Crippen molar-refractivity contribution in [3.05, 3.63) is 28.2 Å². The summed E-state index contributed by atoms with van der Waals surface area (Å²) in [6.45, 7) is 4.01. The molecule has 1 fully saturated rings. The standard InChI is InChI=1S/C18H21F3N4O3S/c1-3-4-14(26)24-5-7-25(8-6-24)17-22-16(27)12-9-11(18(19,20)21)10-13(23(2)28)15(12)29-17/h9-10,17H,3-8H2,1-2H3/p+1. The molecule has 7 nitrogen and oxygen atoms in total. The Bertz CT molecular complexity index is 821. The van der Waals surface area contributed by atoms with Gasteiger partial charge in [0.25, 0.3) is 11.6 Å². The number of halogens is 3. The first-order valence-corrected chi connectivity index (χ1v) is 10.1. The number of hydrogen-bond acceptors (Lipinski definition) is 5. The topological polar surface area (TPSA) is 72.7 Å². The molecule has 0 spiro atoms. The Morgan fingerprint density at radius 3 is 2.48 bits per heavy atom. The highest BCUT2D eigenvalue weighted by atomic mass is 32.2. The summed E-state index contributed by atoms with van der Waals surface area (Å²) in [5.41, 5.74) is -1.90. The SMILES string of the molecule is CCCC(=O)N1CCN(C2NC(=O)c3cc(C(F)(F)F)cc([N+](C)=O)c3S2)CC1. The number of alkyl halides is 3. The molecule has 2 heterocycles. The monoisotopic (exact) mass is 431 g/mol. The number of thioether (sulfide) groups is 1. The Morgan fingerprint density at radius 2 is 1.93 bits per heavy atom. The van der Waals surface area contributed by atoms with Crippen molar-refractivity contribution in [2.45, 2.75) is 36.3 Å². The minimum Gasteiger partial charge on any atom is -0.340 e. The Balaban J connectivity index is 1.81. The van der Waals surface area contributed by atoms with Crippen LogP contribution in [0.25, 0.3) is 0 Å². The van der Waals surface area contributed by atoms with E-state index >= 15 is 0 Å². The number of nitroso groups, excluding NO2 is 1. The lowest BCUT2D eigenvalue weighted by Gasteiger charge is -2.40. The number of nitrogens with zero attached hydrogens (tertiary/aromatic N) is 3. The van der Waals surface area contributed by atoms with Crippen molar-refractivity contribution >= 4 is 29.3 Å². The van der Waals surface area contributed by atoms with E-state index in [1.54, 1.807) is 4.90 Å². The number of carbonyl (C=O) groups is 2. The normalized spacial score (nSPS) is 20.2. The van der Waals surface area contributed by atoms with Crippen LogP contribution in [-0.4, -0.2) is 65.1 Å². The first-order chi connectivity index (χ1) is 13.6. The molecular formula is C18H22F3N4O3S+. The summed E-state index contributed by atoms with van der Waals surface area (Å²) in [6.07, 6.45) is -3.40. The number of carbonyl (C=O) groups excluding carboxylic acids is 2. The molecule has 2 aliphatic heterocycles. The van der Waals surface area contributed by atoms with Crippen molar-refractivity contribution in [2.75, 3.05) is 33.2 Å². The predicted molar refractivity (Wildman–Crippen MR) is 101 cm³/mol. The molecule has 0 radical (unpaired) electrons. The van der Waals surface area contributed by atoms with Gasteiger partial charge >= 0.3 is 6.18 Å². The lowest BCUT2D eigenvalue weighted by atomic mass is 10.1. The predicted octanol–water partition coefficient (Wildman–Crippen LogP) is 2.81. The van der Waals surface area contributed by atoms with Crippen molar-refractivity contribution in [2.24, 2.45) is 0 Å². The highest BCUT2D eigenvalue weighted by Crippen LogP contribution is 2.42. The van der Waals surface area contributed by atoms with Crippen LogP contribution in [0.3, 0.4) is 0 Å². The number of amides is 2. The highest BCUT2D eigenvalue weighted by Gasteiger charge is 2.40.